The summed E-state index contributed by atoms with van der Waals surface area (Å²) >= 11 is 9.28. The van der Waals surface area contributed by atoms with E-state index in [4.69, 9.17) is 5.90 Å². The van der Waals surface area contributed by atoms with Gasteiger partial charge in [-0.05, 0) is 0 Å². The molecule has 6 heteroatoms. The van der Waals surface area contributed by atoms with Crippen molar-refractivity contribution in [2.45, 2.75) is 0 Å². The maximum atomic E-state index is 4.92. The van der Waals surface area contributed by atoms with Crippen molar-refractivity contribution in [2.75, 3.05) is 0 Å². The summed E-state index contributed by atoms with van der Waals surface area (Å²) in [6.45, 7) is 0. The van der Waals surface area contributed by atoms with E-state index in [1.807, 2.05) is 0 Å². The molecule has 11 heavy (non-hydrogen) atoms. The third-order valence-corrected chi connectivity index (χ3v) is 1.38. The molecule has 1 aromatic heterocycles. The molecule has 0 aliphatic heterocycles. The Morgan fingerprint density at radius 1 is 1.82 bits per heavy atom. The van der Waals surface area contributed by atoms with E-state index < -0.39 is 0 Å². The van der Waals surface area contributed by atoms with Crippen molar-refractivity contribution < 1.29 is 8.19 Å². The van der Waals surface area contributed by atoms with Crippen molar-refractivity contribution in [1.82, 2.24) is 4.98 Å². The van der Waals surface area contributed by atoms with E-state index in [0.29, 0.717) is 11.4 Å². The Balaban J connectivity index is 3.12. The highest BCUT2D eigenvalue weighted by Gasteiger charge is 2.08. The minimum Gasteiger partial charge on any atom is -0.404 e. The molecular weight excluding hydrogens is 182 g/mol. The molecule has 0 amide bonds. The first-order valence-corrected chi connectivity index (χ1v) is 3.36. The van der Waals surface area contributed by atoms with Crippen LogP contribution in [0, 0.1) is 6.20 Å². The number of hydrogen-bond donors (Lipinski definition) is 1. The summed E-state index contributed by atoms with van der Waals surface area (Å²) in [6.07, 6.45) is 4.04. The summed E-state index contributed by atoms with van der Waals surface area (Å²) in [5.41, 5.74) is 0.375. The van der Waals surface area contributed by atoms with E-state index in [2.05, 4.69) is 41.3 Å². The van der Waals surface area contributed by atoms with Crippen LogP contribution < -0.4 is 10.7 Å². The fourth-order valence-electron chi connectivity index (χ4n) is 0.563. The third-order valence-electron chi connectivity index (χ3n) is 1.01. The van der Waals surface area contributed by atoms with E-state index in [-0.39, 0.29) is 0 Å². The highest BCUT2D eigenvalue weighted by atomic mass is 32.2. The lowest BCUT2D eigenvalue weighted by molar-refractivity contribution is -0.200. The Morgan fingerprint density at radius 3 is 3.00 bits per heavy atom. The SMILES string of the molecule is NOc1ccn[c]c1[N+](=S)[S-]. The van der Waals surface area contributed by atoms with Gasteiger partial charge in [0.05, 0.1) is 0 Å². The van der Waals surface area contributed by atoms with Crippen LogP contribution in [0.25, 0.3) is 0 Å². The predicted molar refractivity (Wildman–Crippen MR) is 42.5 cm³/mol. The number of rotatable bonds is 2. The fraction of sp³-hybridized carbons (Fsp3) is 0. The molecule has 57 valence electrons. The van der Waals surface area contributed by atoms with Crippen molar-refractivity contribution in [1.29, 1.82) is 0 Å². The van der Waals surface area contributed by atoms with Gasteiger partial charge in [0.1, 0.15) is 0 Å². The molecule has 0 fully saturated rings. The second kappa shape index (κ2) is 3.51. The first-order valence-electron chi connectivity index (χ1n) is 2.63. The first-order chi connectivity index (χ1) is 5.25. The maximum absolute atomic E-state index is 4.92. The molecule has 0 aromatic carbocycles. The zero-order valence-electron chi connectivity index (χ0n) is 5.35. The number of pyridine rings is 1. The van der Waals surface area contributed by atoms with E-state index in [1.54, 1.807) is 6.07 Å². The second-order valence-corrected chi connectivity index (χ2v) is 2.61. The Bertz CT molecular complexity index is 278. The van der Waals surface area contributed by atoms with Gasteiger partial charge in [0, 0.05) is 12.3 Å². The lowest BCUT2D eigenvalue weighted by atomic mass is 10.4. The van der Waals surface area contributed by atoms with E-state index in [9.17, 15) is 0 Å². The molecule has 0 atom stereocenters. The van der Waals surface area contributed by atoms with Crippen LogP contribution in [0.1, 0.15) is 0 Å². The van der Waals surface area contributed by atoms with Crippen molar-refractivity contribution in [3.05, 3.63) is 18.5 Å². The second-order valence-electron chi connectivity index (χ2n) is 1.64. The quantitative estimate of drug-likeness (QED) is 0.399. The highest BCUT2D eigenvalue weighted by Crippen LogP contribution is 2.22. The molecule has 0 saturated heterocycles. The number of nitrogens with two attached hydrogens (primary N) is 1. The average molecular weight is 186 g/mol. The van der Waals surface area contributed by atoms with E-state index in [1.165, 1.54) is 6.20 Å². The molecule has 1 aromatic rings. The van der Waals surface area contributed by atoms with Gasteiger partial charge in [0.2, 0.25) is 5.75 Å². The van der Waals surface area contributed by atoms with Crippen molar-refractivity contribution in [3.8, 4) is 5.75 Å². The highest BCUT2D eigenvalue weighted by molar-refractivity contribution is 7.58. The molecule has 1 radical (unpaired) electrons. The monoisotopic (exact) mass is 186 g/mol. The van der Waals surface area contributed by atoms with E-state index >= 15 is 0 Å². The molecule has 1 rings (SSSR count). The minimum absolute atomic E-state index is 0.366. The summed E-state index contributed by atoms with van der Waals surface area (Å²) in [4.78, 5) is 8.14. The largest absolute Gasteiger partial charge is 0.404 e. The molecule has 0 bridgehead atoms. The summed E-state index contributed by atoms with van der Waals surface area (Å²) in [7, 11) is 0. The number of nitrogens with zero attached hydrogens (tertiary/aromatic N) is 2. The molecular formula is C5H4N3OS2. The molecule has 0 spiro atoms. The minimum atomic E-state index is 0.366. The van der Waals surface area contributed by atoms with Gasteiger partial charge < -0.3 is 4.84 Å². The van der Waals surface area contributed by atoms with Crippen LogP contribution in [0.4, 0.5) is 5.69 Å². The summed E-state index contributed by atoms with van der Waals surface area (Å²) < 4.78 is 0.995. The van der Waals surface area contributed by atoms with Crippen LogP contribution in [0.3, 0.4) is 0 Å². The smallest absolute Gasteiger partial charge is 0.275 e. The summed E-state index contributed by atoms with van der Waals surface area (Å²) in [6, 6.07) is 1.55. The zero-order valence-corrected chi connectivity index (χ0v) is 6.98. The zero-order chi connectivity index (χ0) is 8.27. The number of hydrogen-bond acceptors (Lipinski definition) is 5. The van der Waals surface area contributed by atoms with Crippen molar-refractivity contribution in [3.63, 3.8) is 0 Å². The fourth-order valence-corrected chi connectivity index (χ4v) is 0.825. The molecule has 0 saturated carbocycles. The Kier molecular flexibility index (Phi) is 2.64. The van der Waals surface area contributed by atoms with Gasteiger partial charge in [-0.25, -0.2) is 8.34 Å². The third kappa shape index (κ3) is 1.79. The standard InChI is InChI=1S/C5H4N3OS2/c6-9-5-1-2-7-3-4(5)8(10)11/h1-2H,6H2. The van der Waals surface area contributed by atoms with Gasteiger partial charge in [-0.2, -0.15) is 5.90 Å². The van der Waals surface area contributed by atoms with Crippen LogP contribution in [-0.2, 0) is 25.2 Å². The van der Waals surface area contributed by atoms with Gasteiger partial charge in [-0.15, -0.1) is 0 Å². The van der Waals surface area contributed by atoms with Crippen LogP contribution in [0.15, 0.2) is 12.3 Å². The topological polar surface area (TPSA) is 51.1 Å². The molecule has 0 aliphatic carbocycles. The van der Waals surface area contributed by atoms with Crippen LogP contribution >= 0.6 is 0 Å². The van der Waals surface area contributed by atoms with Gasteiger partial charge >= 0.3 is 0 Å². The maximum Gasteiger partial charge on any atom is 0.275 e. The van der Waals surface area contributed by atoms with Crippen LogP contribution in [-0.4, -0.2) is 8.34 Å². The normalized spacial score (nSPS) is 9.18. The lowest BCUT2D eigenvalue weighted by Gasteiger charge is -2.00. The van der Waals surface area contributed by atoms with Crippen LogP contribution in [0.2, 0.25) is 0 Å². The lowest BCUT2D eigenvalue weighted by Crippen LogP contribution is -2.04. The Hall–Kier alpha value is -0.850. The summed E-state index contributed by atoms with van der Waals surface area (Å²) in [5, 5.41) is 0. The van der Waals surface area contributed by atoms with Crippen molar-refractivity contribution in [2.24, 2.45) is 5.90 Å². The molecule has 4 nitrogen and oxygen atoms in total. The van der Waals surface area contributed by atoms with Gasteiger partial charge in [0.15, 0.2) is 6.20 Å². The molecule has 1 heterocycles. The van der Waals surface area contributed by atoms with Crippen molar-refractivity contribution >= 4 is 30.9 Å². The predicted octanol–water partition coefficient (Wildman–Crippen LogP) is -0.0293. The Morgan fingerprint density at radius 2 is 2.55 bits per heavy atom. The summed E-state index contributed by atoms with van der Waals surface area (Å²) in [5.74, 6) is 5.29. The molecule has 0 unspecified atom stereocenters. The average Bonchev–Trinajstić information content (AvgIpc) is 2.04. The Labute approximate surface area is 74.7 Å². The van der Waals surface area contributed by atoms with E-state index in [0.717, 1.165) is 3.35 Å². The number of aromatic nitrogens is 1. The molecule has 2 N–H and O–H groups in total. The van der Waals surface area contributed by atoms with Gasteiger partial charge in [-0.3, -0.25) is 0 Å². The van der Waals surface area contributed by atoms with Gasteiger partial charge in [0.25, 0.3) is 5.69 Å². The first kappa shape index (κ1) is 8.25. The molecule has 0 aliphatic rings. The van der Waals surface area contributed by atoms with Crippen LogP contribution in [0.5, 0.6) is 5.75 Å². The van der Waals surface area contributed by atoms with Gasteiger partial charge in [-0.1, -0.05) is 25.2 Å².